The Morgan fingerprint density at radius 1 is 0.947 bits per heavy atom. The average molecular weight is 543 g/mol. The van der Waals surface area contributed by atoms with E-state index >= 15 is 0 Å². The van der Waals surface area contributed by atoms with Crippen molar-refractivity contribution < 1.29 is 33.4 Å². The number of carbonyl (C=O) groups is 2. The molecule has 204 valence electrons. The molecule has 0 radical (unpaired) electrons. The van der Waals surface area contributed by atoms with Crippen LogP contribution in [-0.4, -0.2) is 47.0 Å². The molecule has 9 nitrogen and oxygen atoms in total. The van der Waals surface area contributed by atoms with Gasteiger partial charge < -0.3 is 20.7 Å². The minimum absolute atomic E-state index is 0.0347. The molecule has 38 heavy (non-hydrogen) atoms. The van der Waals surface area contributed by atoms with Gasteiger partial charge in [-0.2, -0.15) is 0 Å². The van der Waals surface area contributed by atoms with E-state index in [9.17, 15) is 18.0 Å². The number of ether oxygens (including phenoxy) is 1. The first kappa shape index (κ1) is 29.1. The van der Waals surface area contributed by atoms with Gasteiger partial charge in [0.05, 0.1) is 24.4 Å². The molecule has 3 aromatic carbocycles. The van der Waals surface area contributed by atoms with Crippen LogP contribution in [0.15, 0.2) is 65.6 Å². The van der Waals surface area contributed by atoms with Crippen molar-refractivity contribution in [3.8, 4) is 0 Å². The van der Waals surface area contributed by atoms with Gasteiger partial charge in [-0.15, -0.1) is 0 Å². The van der Waals surface area contributed by atoms with E-state index in [-0.39, 0.29) is 23.3 Å². The van der Waals surface area contributed by atoms with E-state index in [0.717, 1.165) is 16.0 Å². The number of sulfonamides is 1. The van der Waals surface area contributed by atoms with Crippen LogP contribution in [0.3, 0.4) is 0 Å². The minimum Gasteiger partial charge on any atom is -0.460 e. The standard InChI is InChI=1S/C28H36N4O5S/c1-18(2)25(29)26(33)37-17-28(3,4)27(34)30-19-13-15-20(16-14-19)31-38(35,36)24-12-8-9-21-22(24)10-7-11-23(21)32(5)6/h7-16,18,25,31H,17,29H2,1-6H3,(H,30,34)/p+2/t25-/m1/s1. The summed E-state index contributed by atoms with van der Waals surface area (Å²) < 4.78 is 34.5. The molecule has 0 unspecified atom stereocenters. The Labute approximate surface area is 224 Å². The predicted molar refractivity (Wildman–Crippen MR) is 149 cm³/mol. The fourth-order valence-corrected chi connectivity index (χ4v) is 5.06. The SMILES string of the molecule is CC(C)[C@@H]([NH3+])C(=O)OCC(C)(C)C(=O)Nc1ccc(NS(=O)(=O)c2cccc3c([NH+](C)C)cccc23)cc1. The fraction of sp³-hybridized carbons (Fsp3) is 0.357. The third kappa shape index (κ3) is 6.69. The van der Waals surface area contributed by atoms with Crippen LogP contribution in [0.25, 0.3) is 10.8 Å². The number of anilines is 2. The first-order valence-corrected chi connectivity index (χ1v) is 14.0. The molecule has 1 amide bonds. The lowest BCUT2D eigenvalue weighted by molar-refractivity contribution is -0.785. The number of hydrogen-bond donors (Lipinski definition) is 4. The number of nitrogens with one attached hydrogen (secondary N) is 3. The molecule has 0 heterocycles. The fourth-order valence-electron chi connectivity index (χ4n) is 3.78. The minimum atomic E-state index is -3.87. The number of rotatable bonds is 10. The lowest BCUT2D eigenvalue weighted by atomic mass is 9.93. The summed E-state index contributed by atoms with van der Waals surface area (Å²) in [5.41, 5.74) is 4.67. The Morgan fingerprint density at radius 2 is 1.53 bits per heavy atom. The number of benzene rings is 3. The van der Waals surface area contributed by atoms with E-state index < -0.39 is 27.4 Å². The van der Waals surface area contributed by atoms with Crippen molar-refractivity contribution >= 4 is 49.7 Å². The Bertz CT molecular complexity index is 1420. The van der Waals surface area contributed by atoms with Crippen molar-refractivity contribution in [3.05, 3.63) is 60.7 Å². The summed E-state index contributed by atoms with van der Waals surface area (Å²) in [5, 5.41) is 4.31. The molecule has 0 aromatic heterocycles. The van der Waals surface area contributed by atoms with Gasteiger partial charge in [-0.05, 0) is 56.3 Å². The number of quaternary nitrogens is 2. The van der Waals surface area contributed by atoms with Gasteiger partial charge in [0, 0.05) is 28.1 Å². The molecule has 0 aliphatic heterocycles. The van der Waals surface area contributed by atoms with Crippen LogP contribution in [0, 0.1) is 11.3 Å². The van der Waals surface area contributed by atoms with E-state index in [1.165, 1.54) is 0 Å². The van der Waals surface area contributed by atoms with Crippen molar-refractivity contribution in [1.82, 2.24) is 0 Å². The molecule has 3 aromatic rings. The largest absolute Gasteiger partial charge is 0.460 e. The average Bonchev–Trinajstić information content (AvgIpc) is 2.86. The van der Waals surface area contributed by atoms with Gasteiger partial charge in [-0.25, -0.2) is 13.2 Å². The normalized spacial score (nSPS) is 13.0. The van der Waals surface area contributed by atoms with E-state index in [2.05, 4.69) is 15.8 Å². The molecule has 0 aliphatic rings. The van der Waals surface area contributed by atoms with Gasteiger partial charge in [-0.1, -0.05) is 32.0 Å². The molecular formula is C28H38N4O5S+2. The van der Waals surface area contributed by atoms with Crippen molar-refractivity contribution in [2.75, 3.05) is 30.7 Å². The van der Waals surface area contributed by atoms with E-state index in [1.54, 1.807) is 56.3 Å². The zero-order valence-electron chi connectivity index (χ0n) is 22.8. The number of amides is 1. The molecule has 3 rings (SSSR count). The maximum Gasteiger partial charge on any atom is 0.365 e. The highest BCUT2D eigenvalue weighted by atomic mass is 32.2. The molecule has 0 saturated heterocycles. The van der Waals surface area contributed by atoms with Gasteiger partial charge in [0.2, 0.25) is 5.91 Å². The number of esters is 1. The topological polar surface area (TPSA) is 134 Å². The van der Waals surface area contributed by atoms with Crippen LogP contribution in [0.2, 0.25) is 0 Å². The molecule has 0 aliphatic carbocycles. The Kier molecular flexibility index (Phi) is 8.81. The monoisotopic (exact) mass is 542 g/mol. The summed E-state index contributed by atoms with van der Waals surface area (Å²) in [6.45, 7) is 7.03. The summed E-state index contributed by atoms with van der Waals surface area (Å²) in [7, 11) is 0.116. The summed E-state index contributed by atoms with van der Waals surface area (Å²) in [6.07, 6.45) is 0. The molecule has 10 heteroatoms. The molecule has 1 atom stereocenters. The Morgan fingerprint density at radius 3 is 2.13 bits per heavy atom. The predicted octanol–water partition coefficient (Wildman–Crippen LogP) is 2.19. The maximum atomic E-state index is 13.3. The van der Waals surface area contributed by atoms with Crippen LogP contribution < -0.4 is 20.7 Å². The lowest BCUT2D eigenvalue weighted by Crippen LogP contribution is -3.00. The van der Waals surface area contributed by atoms with E-state index in [0.29, 0.717) is 16.8 Å². The third-order valence-electron chi connectivity index (χ3n) is 6.40. The number of fused-ring (bicyclic) bond motifs is 1. The van der Waals surface area contributed by atoms with Crippen LogP contribution in [0.1, 0.15) is 27.7 Å². The van der Waals surface area contributed by atoms with E-state index in [4.69, 9.17) is 4.74 Å². The molecule has 0 saturated carbocycles. The van der Waals surface area contributed by atoms with Gasteiger partial charge in [-0.3, -0.25) is 9.52 Å². The van der Waals surface area contributed by atoms with Crippen LogP contribution in [-0.2, 0) is 24.3 Å². The highest BCUT2D eigenvalue weighted by Crippen LogP contribution is 2.29. The van der Waals surface area contributed by atoms with Gasteiger partial charge in [0.15, 0.2) is 6.04 Å². The number of carbonyl (C=O) groups excluding carboxylic acids is 2. The summed E-state index contributed by atoms with van der Waals surface area (Å²) in [6, 6.07) is 16.7. The van der Waals surface area contributed by atoms with Crippen molar-refractivity contribution in [3.63, 3.8) is 0 Å². The Hall–Kier alpha value is -3.47. The van der Waals surface area contributed by atoms with Gasteiger partial charge in [0.1, 0.15) is 12.3 Å². The van der Waals surface area contributed by atoms with Crippen LogP contribution in [0.4, 0.5) is 17.1 Å². The van der Waals surface area contributed by atoms with Crippen LogP contribution in [0.5, 0.6) is 0 Å². The lowest BCUT2D eigenvalue weighted by Gasteiger charge is -2.24. The first-order chi connectivity index (χ1) is 17.7. The highest BCUT2D eigenvalue weighted by Gasteiger charge is 2.32. The second-order valence-electron chi connectivity index (χ2n) is 10.6. The Balaban J connectivity index is 1.71. The smallest absolute Gasteiger partial charge is 0.365 e. The van der Waals surface area contributed by atoms with E-state index in [1.807, 2.05) is 46.1 Å². The highest BCUT2D eigenvalue weighted by molar-refractivity contribution is 7.93. The van der Waals surface area contributed by atoms with Crippen molar-refractivity contribution in [1.29, 1.82) is 0 Å². The maximum absolute atomic E-state index is 13.3. The second-order valence-corrected chi connectivity index (χ2v) is 12.3. The zero-order chi connectivity index (χ0) is 28.3. The molecular weight excluding hydrogens is 504 g/mol. The van der Waals surface area contributed by atoms with Crippen molar-refractivity contribution in [2.45, 2.75) is 38.6 Å². The summed E-state index contributed by atoms with van der Waals surface area (Å²) in [4.78, 5) is 26.2. The van der Waals surface area contributed by atoms with Gasteiger partial charge >= 0.3 is 5.97 Å². The quantitative estimate of drug-likeness (QED) is 0.292. The summed E-state index contributed by atoms with van der Waals surface area (Å²) >= 11 is 0. The molecule has 0 bridgehead atoms. The number of hydrogen-bond acceptors (Lipinski definition) is 5. The first-order valence-electron chi connectivity index (χ1n) is 12.5. The molecule has 0 fully saturated rings. The molecule has 6 N–H and O–H groups in total. The third-order valence-corrected chi connectivity index (χ3v) is 7.84. The second kappa shape index (κ2) is 11.5. The van der Waals surface area contributed by atoms with Crippen molar-refractivity contribution in [2.24, 2.45) is 11.3 Å². The van der Waals surface area contributed by atoms with Crippen LogP contribution >= 0.6 is 0 Å². The molecule has 0 spiro atoms. The summed E-state index contributed by atoms with van der Waals surface area (Å²) in [5.74, 6) is -0.742. The van der Waals surface area contributed by atoms with Gasteiger partial charge in [0.25, 0.3) is 10.0 Å². The zero-order valence-corrected chi connectivity index (χ0v) is 23.6.